The number of nitrogens with zero attached hydrogens (tertiary/aromatic N) is 3. The second-order valence-electron chi connectivity index (χ2n) is 5.68. The summed E-state index contributed by atoms with van der Waals surface area (Å²) in [4.78, 5) is 22.6. The molecule has 0 spiro atoms. The molecule has 0 aliphatic carbocycles. The molecule has 1 atom stereocenters. The van der Waals surface area contributed by atoms with E-state index in [-0.39, 0.29) is 18.3 Å². The average molecular weight is 332 g/mol. The highest BCUT2D eigenvalue weighted by atomic mass is 16.6. The number of carbonyl (C=O) groups is 1. The molecule has 8 heteroatoms. The van der Waals surface area contributed by atoms with Gasteiger partial charge in [-0.05, 0) is 36.5 Å². The molecule has 0 saturated heterocycles. The van der Waals surface area contributed by atoms with Crippen molar-refractivity contribution < 1.29 is 14.5 Å². The highest BCUT2D eigenvalue weighted by molar-refractivity contribution is 5.93. The maximum Gasteiger partial charge on any atom is 0.390 e. The van der Waals surface area contributed by atoms with Crippen molar-refractivity contribution in [1.29, 1.82) is 0 Å². The lowest BCUT2D eigenvalue weighted by Crippen LogP contribution is -2.25. The minimum atomic E-state index is -0.550. The van der Waals surface area contributed by atoms with E-state index in [0.29, 0.717) is 17.1 Å². The smallest absolute Gasteiger partial charge is 0.390 e. The van der Waals surface area contributed by atoms with Crippen LogP contribution in [0, 0.1) is 29.9 Å². The summed E-state index contributed by atoms with van der Waals surface area (Å²) in [6.45, 7) is 5.63. The van der Waals surface area contributed by atoms with Crippen molar-refractivity contribution in [3.05, 3.63) is 45.6 Å². The number of hydrogen-bond donors (Lipinski definition) is 1. The molecule has 8 nitrogen and oxygen atoms in total. The quantitative estimate of drug-likeness (QED) is 0.647. The Labute approximate surface area is 139 Å². The third-order valence-electron chi connectivity index (χ3n) is 3.66. The summed E-state index contributed by atoms with van der Waals surface area (Å²) in [6.07, 6.45) is 0. The molecule has 1 heterocycles. The number of rotatable bonds is 6. The zero-order valence-electron chi connectivity index (χ0n) is 14.1. The second kappa shape index (κ2) is 7.12. The zero-order chi connectivity index (χ0) is 17.9. The maximum atomic E-state index is 12.4. The van der Waals surface area contributed by atoms with E-state index in [1.165, 1.54) is 17.9 Å². The lowest BCUT2D eigenvalue weighted by molar-refractivity contribution is -0.389. The zero-order valence-corrected chi connectivity index (χ0v) is 14.1. The molecule has 0 saturated carbocycles. The van der Waals surface area contributed by atoms with Crippen LogP contribution in [0.4, 0.5) is 11.5 Å². The molecule has 0 aliphatic heterocycles. The summed E-state index contributed by atoms with van der Waals surface area (Å²) in [5, 5.41) is 17.5. The molecule has 0 aliphatic rings. The van der Waals surface area contributed by atoms with Gasteiger partial charge < -0.3 is 20.2 Å². The van der Waals surface area contributed by atoms with Gasteiger partial charge in [0.05, 0.1) is 42.1 Å². The predicted molar refractivity (Wildman–Crippen MR) is 89.1 cm³/mol. The van der Waals surface area contributed by atoms with E-state index in [9.17, 15) is 14.9 Å². The molecule has 0 fully saturated rings. The summed E-state index contributed by atoms with van der Waals surface area (Å²) < 4.78 is 6.71. The molecular formula is C16H20N4O4. The fourth-order valence-electron chi connectivity index (χ4n) is 2.28. The average Bonchev–Trinajstić information content (AvgIpc) is 2.89. The minimum Gasteiger partial charge on any atom is -0.495 e. The van der Waals surface area contributed by atoms with Gasteiger partial charge in [0, 0.05) is 0 Å². The number of aryl methyl sites for hydroxylation is 2. The first-order valence-electron chi connectivity index (χ1n) is 7.46. The molecule has 0 radical (unpaired) electrons. The van der Waals surface area contributed by atoms with Crippen molar-refractivity contribution in [3.8, 4) is 5.75 Å². The van der Waals surface area contributed by atoms with E-state index < -0.39 is 10.8 Å². The van der Waals surface area contributed by atoms with Gasteiger partial charge in [-0.25, -0.2) is 0 Å². The molecule has 24 heavy (non-hydrogen) atoms. The lowest BCUT2D eigenvalue weighted by atomic mass is 10.1. The summed E-state index contributed by atoms with van der Waals surface area (Å²) in [5.74, 6) is -0.280. The van der Waals surface area contributed by atoms with Gasteiger partial charge in [-0.1, -0.05) is 13.0 Å². The maximum absolute atomic E-state index is 12.4. The van der Waals surface area contributed by atoms with Crippen LogP contribution < -0.4 is 10.1 Å². The molecule has 1 unspecified atom stereocenters. The van der Waals surface area contributed by atoms with Gasteiger partial charge >= 0.3 is 5.82 Å². The van der Waals surface area contributed by atoms with Crippen LogP contribution in [0.3, 0.4) is 0 Å². The van der Waals surface area contributed by atoms with E-state index in [1.807, 2.05) is 19.1 Å². The molecular weight excluding hydrogens is 312 g/mol. The standard InChI is InChI=1S/C16H20N4O4/c1-10-5-6-14(24-4)13(7-10)17-16(21)11(2)9-19-12(3)8-15(18-19)20(22)23/h5-8,11H,9H2,1-4H3,(H,17,21). The normalized spacial score (nSPS) is 11.8. The summed E-state index contributed by atoms with van der Waals surface area (Å²) in [7, 11) is 1.54. The lowest BCUT2D eigenvalue weighted by Gasteiger charge is -2.14. The van der Waals surface area contributed by atoms with Crippen LogP contribution in [0.2, 0.25) is 0 Å². The topological polar surface area (TPSA) is 99.3 Å². The number of nitrogens with one attached hydrogen (secondary N) is 1. The van der Waals surface area contributed by atoms with Crippen LogP contribution in [0.5, 0.6) is 5.75 Å². The van der Waals surface area contributed by atoms with E-state index in [0.717, 1.165) is 5.56 Å². The highest BCUT2D eigenvalue weighted by Crippen LogP contribution is 2.26. The van der Waals surface area contributed by atoms with E-state index in [2.05, 4.69) is 10.4 Å². The fourth-order valence-corrected chi connectivity index (χ4v) is 2.28. The van der Waals surface area contributed by atoms with E-state index in [4.69, 9.17) is 4.74 Å². The van der Waals surface area contributed by atoms with Crippen LogP contribution in [0.25, 0.3) is 0 Å². The summed E-state index contributed by atoms with van der Waals surface area (Å²) in [6, 6.07) is 6.89. The Morgan fingerprint density at radius 1 is 1.42 bits per heavy atom. The van der Waals surface area contributed by atoms with Gasteiger partial charge in [-0.3, -0.25) is 4.79 Å². The van der Waals surface area contributed by atoms with Crippen molar-refractivity contribution in [2.45, 2.75) is 27.3 Å². The minimum absolute atomic E-state index is 0.212. The van der Waals surface area contributed by atoms with Gasteiger partial charge in [0.25, 0.3) is 0 Å². The number of nitro groups is 1. The Morgan fingerprint density at radius 2 is 2.12 bits per heavy atom. The highest BCUT2D eigenvalue weighted by Gasteiger charge is 2.21. The monoisotopic (exact) mass is 332 g/mol. The number of carbonyl (C=O) groups excluding carboxylic acids is 1. The van der Waals surface area contributed by atoms with Crippen molar-refractivity contribution in [2.75, 3.05) is 12.4 Å². The van der Waals surface area contributed by atoms with Crippen LogP contribution in [-0.4, -0.2) is 27.7 Å². The summed E-state index contributed by atoms with van der Waals surface area (Å²) in [5.41, 5.74) is 2.23. The molecule has 1 aromatic carbocycles. The van der Waals surface area contributed by atoms with Crippen molar-refractivity contribution in [3.63, 3.8) is 0 Å². The number of anilines is 1. The van der Waals surface area contributed by atoms with Crippen LogP contribution >= 0.6 is 0 Å². The SMILES string of the molecule is COc1ccc(C)cc1NC(=O)C(C)Cn1nc([N+](=O)[O-])cc1C. The molecule has 1 aromatic heterocycles. The van der Waals surface area contributed by atoms with Gasteiger partial charge in [0.15, 0.2) is 0 Å². The van der Waals surface area contributed by atoms with E-state index in [1.54, 1.807) is 19.9 Å². The third kappa shape index (κ3) is 3.89. The van der Waals surface area contributed by atoms with Gasteiger partial charge in [0.1, 0.15) is 5.75 Å². The van der Waals surface area contributed by atoms with Crippen molar-refractivity contribution in [1.82, 2.24) is 9.78 Å². The molecule has 0 bridgehead atoms. The molecule has 1 N–H and O–H groups in total. The van der Waals surface area contributed by atoms with Gasteiger partial charge in [0.2, 0.25) is 5.91 Å². The molecule has 2 aromatic rings. The van der Waals surface area contributed by atoms with Crippen molar-refractivity contribution >= 4 is 17.4 Å². The van der Waals surface area contributed by atoms with Crippen molar-refractivity contribution in [2.24, 2.45) is 5.92 Å². The van der Waals surface area contributed by atoms with E-state index >= 15 is 0 Å². The first-order valence-corrected chi connectivity index (χ1v) is 7.46. The van der Waals surface area contributed by atoms with Crippen LogP contribution in [0.1, 0.15) is 18.2 Å². The molecule has 2 rings (SSSR count). The number of ether oxygens (including phenoxy) is 1. The Kier molecular flexibility index (Phi) is 5.18. The van der Waals surface area contributed by atoms with Crippen LogP contribution in [-0.2, 0) is 11.3 Å². The number of benzene rings is 1. The van der Waals surface area contributed by atoms with Gasteiger partial charge in [-0.2, -0.15) is 4.68 Å². The molecule has 1 amide bonds. The first-order chi connectivity index (χ1) is 11.3. The van der Waals surface area contributed by atoms with Gasteiger partial charge in [-0.15, -0.1) is 0 Å². The Morgan fingerprint density at radius 3 is 2.71 bits per heavy atom. The first kappa shape index (κ1) is 17.5. The third-order valence-corrected chi connectivity index (χ3v) is 3.66. The number of methoxy groups -OCH3 is 1. The van der Waals surface area contributed by atoms with Crippen LogP contribution in [0.15, 0.2) is 24.3 Å². The molecule has 128 valence electrons. The summed E-state index contributed by atoms with van der Waals surface area (Å²) >= 11 is 0. The Balaban J connectivity index is 2.10. The Bertz CT molecular complexity index is 769. The number of aromatic nitrogens is 2. The largest absolute Gasteiger partial charge is 0.495 e. The number of amides is 1. The fraction of sp³-hybridized carbons (Fsp3) is 0.375. The predicted octanol–water partition coefficient (Wildman–Crippen LogP) is 2.69. The number of hydrogen-bond acceptors (Lipinski definition) is 5. The second-order valence-corrected chi connectivity index (χ2v) is 5.68. The Hall–Kier alpha value is -2.90.